The van der Waals surface area contributed by atoms with Gasteiger partial charge < -0.3 is 9.47 Å². The Labute approximate surface area is 101 Å². The standard InChI is InChI=1S/C13H18N4/c1-10-3-7-17(8-4-10)13-11-5-6-16(2)12(11)14-9-15-13/h5-6,9-10H,3-4,7-8H2,1-2H3. The van der Waals surface area contributed by atoms with Crippen LogP contribution in [-0.2, 0) is 7.05 Å². The molecule has 0 bridgehead atoms. The summed E-state index contributed by atoms with van der Waals surface area (Å²) in [5.74, 6) is 1.95. The fraction of sp³-hybridized carbons (Fsp3) is 0.538. The maximum atomic E-state index is 4.47. The molecule has 90 valence electrons. The predicted molar refractivity (Wildman–Crippen MR) is 69.1 cm³/mol. The first kappa shape index (κ1) is 10.6. The summed E-state index contributed by atoms with van der Waals surface area (Å²) >= 11 is 0. The molecule has 0 spiro atoms. The van der Waals surface area contributed by atoms with E-state index in [4.69, 9.17) is 0 Å². The molecule has 4 nitrogen and oxygen atoms in total. The predicted octanol–water partition coefficient (Wildman–Crippen LogP) is 2.20. The van der Waals surface area contributed by atoms with Crippen LogP contribution in [0.25, 0.3) is 11.0 Å². The monoisotopic (exact) mass is 230 g/mol. The van der Waals surface area contributed by atoms with Crippen molar-refractivity contribution in [1.82, 2.24) is 14.5 Å². The summed E-state index contributed by atoms with van der Waals surface area (Å²) in [6, 6.07) is 2.11. The van der Waals surface area contributed by atoms with Gasteiger partial charge in [-0.1, -0.05) is 6.92 Å². The van der Waals surface area contributed by atoms with Gasteiger partial charge in [-0.3, -0.25) is 0 Å². The van der Waals surface area contributed by atoms with Gasteiger partial charge in [0.05, 0.1) is 5.39 Å². The smallest absolute Gasteiger partial charge is 0.145 e. The van der Waals surface area contributed by atoms with Gasteiger partial charge in [0.25, 0.3) is 0 Å². The summed E-state index contributed by atoms with van der Waals surface area (Å²) in [4.78, 5) is 11.2. The third kappa shape index (κ3) is 1.77. The van der Waals surface area contributed by atoms with Crippen LogP contribution in [0.1, 0.15) is 19.8 Å². The Morgan fingerprint density at radius 2 is 2.00 bits per heavy atom. The van der Waals surface area contributed by atoms with Crippen LogP contribution < -0.4 is 4.90 Å². The van der Waals surface area contributed by atoms with E-state index in [0.717, 1.165) is 30.5 Å². The van der Waals surface area contributed by atoms with Crippen molar-refractivity contribution >= 4 is 16.9 Å². The summed E-state index contributed by atoms with van der Waals surface area (Å²) < 4.78 is 2.05. The fourth-order valence-corrected chi connectivity index (χ4v) is 2.54. The minimum Gasteiger partial charge on any atom is -0.356 e. The highest BCUT2D eigenvalue weighted by atomic mass is 15.2. The number of rotatable bonds is 1. The molecule has 0 atom stereocenters. The SMILES string of the molecule is CC1CCN(c2ncnc3c2ccn3C)CC1. The zero-order chi connectivity index (χ0) is 11.8. The molecule has 2 aromatic rings. The van der Waals surface area contributed by atoms with Gasteiger partial charge in [0.15, 0.2) is 0 Å². The van der Waals surface area contributed by atoms with E-state index in [1.807, 2.05) is 11.6 Å². The molecule has 2 aromatic heterocycles. The second kappa shape index (κ2) is 4.02. The lowest BCUT2D eigenvalue weighted by molar-refractivity contribution is 0.437. The van der Waals surface area contributed by atoms with E-state index in [0.29, 0.717) is 0 Å². The lowest BCUT2D eigenvalue weighted by atomic mass is 9.99. The molecule has 3 rings (SSSR count). The molecule has 1 saturated heterocycles. The summed E-state index contributed by atoms with van der Waals surface area (Å²) in [5, 5.41) is 1.17. The number of anilines is 1. The molecule has 0 aliphatic carbocycles. The molecule has 1 fully saturated rings. The third-order valence-electron chi connectivity index (χ3n) is 3.72. The lowest BCUT2D eigenvalue weighted by Crippen LogP contribution is -2.33. The molecule has 0 amide bonds. The number of piperidine rings is 1. The highest BCUT2D eigenvalue weighted by Crippen LogP contribution is 2.27. The fourth-order valence-electron chi connectivity index (χ4n) is 2.54. The molecular formula is C13H18N4. The van der Waals surface area contributed by atoms with E-state index < -0.39 is 0 Å². The van der Waals surface area contributed by atoms with Crippen LogP contribution >= 0.6 is 0 Å². The Hall–Kier alpha value is -1.58. The average molecular weight is 230 g/mol. The number of aryl methyl sites for hydroxylation is 1. The number of hydrogen-bond acceptors (Lipinski definition) is 3. The molecule has 0 radical (unpaired) electrons. The number of hydrogen-bond donors (Lipinski definition) is 0. The Morgan fingerprint density at radius 1 is 1.24 bits per heavy atom. The maximum absolute atomic E-state index is 4.47. The second-order valence-electron chi connectivity index (χ2n) is 5.03. The van der Waals surface area contributed by atoms with Crippen LogP contribution in [0.4, 0.5) is 5.82 Å². The topological polar surface area (TPSA) is 34.0 Å². The van der Waals surface area contributed by atoms with Gasteiger partial charge in [-0.15, -0.1) is 0 Å². The van der Waals surface area contributed by atoms with Crippen molar-refractivity contribution in [3.8, 4) is 0 Å². The van der Waals surface area contributed by atoms with E-state index in [9.17, 15) is 0 Å². The highest BCUT2D eigenvalue weighted by Gasteiger charge is 2.19. The minimum absolute atomic E-state index is 0.847. The summed E-state index contributed by atoms with van der Waals surface area (Å²) in [5.41, 5.74) is 1.02. The van der Waals surface area contributed by atoms with Gasteiger partial charge in [-0.2, -0.15) is 0 Å². The average Bonchev–Trinajstić information content (AvgIpc) is 2.73. The van der Waals surface area contributed by atoms with Crippen molar-refractivity contribution in [3.63, 3.8) is 0 Å². The Bertz CT molecular complexity index is 523. The van der Waals surface area contributed by atoms with Crippen molar-refractivity contribution < 1.29 is 0 Å². The van der Waals surface area contributed by atoms with Crippen LogP contribution in [0.2, 0.25) is 0 Å². The van der Waals surface area contributed by atoms with Gasteiger partial charge in [0, 0.05) is 26.3 Å². The summed E-state index contributed by atoms with van der Waals surface area (Å²) in [7, 11) is 2.03. The van der Waals surface area contributed by atoms with Gasteiger partial charge in [0.1, 0.15) is 17.8 Å². The Balaban J connectivity index is 2.00. The summed E-state index contributed by atoms with van der Waals surface area (Å²) in [6.45, 7) is 4.56. The van der Waals surface area contributed by atoms with Crippen molar-refractivity contribution in [3.05, 3.63) is 18.6 Å². The second-order valence-corrected chi connectivity index (χ2v) is 5.03. The van der Waals surface area contributed by atoms with Crippen molar-refractivity contribution in [1.29, 1.82) is 0 Å². The maximum Gasteiger partial charge on any atom is 0.145 e. The van der Waals surface area contributed by atoms with Crippen molar-refractivity contribution in [2.45, 2.75) is 19.8 Å². The molecule has 1 aliphatic rings. The van der Waals surface area contributed by atoms with Gasteiger partial charge in [-0.25, -0.2) is 9.97 Å². The normalized spacial score (nSPS) is 17.9. The molecule has 0 aromatic carbocycles. The van der Waals surface area contributed by atoms with Crippen LogP contribution in [-0.4, -0.2) is 27.6 Å². The first-order chi connectivity index (χ1) is 8.25. The zero-order valence-electron chi connectivity index (χ0n) is 10.4. The van der Waals surface area contributed by atoms with Gasteiger partial charge in [0.2, 0.25) is 0 Å². The number of fused-ring (bicyclic) bond motifs is 1. The van der Waals surface area contributed by atoms with Crippen LogP contribution in [0.15, 0.2) is 18.6 Å². The van der Waals surface area contributed by atoms with Crippen molar-refractivity contribution in [2.75, 3.05) is 18.0 Å². The Kier molecular flexibility index (Phi) is 2.50. The molecular weight excluding hydrogens is 212 g/mol. The third-order valence-corrected chi connectivity index (χ3v) is 3.72. The van der Waals surface area contributed by atoms with E-state index >= 15 is 0 Å². The van der Waals surface area contributed by atoms with Crippen LogP contribution in [0.5, 0.6) is 0 Å². The largest absolute Gasteiger partial charge is 0.356 e. The highest BCUT2D eigenvalue weighted by molar-refractivity contribution is 5.87. The van der Waals surface area contributed by atoms with E-state index in [1.54, 1.807) is 6.33 Å². The van der Waals surface area contributed by atoms with E-state index in [-0.39, 0.29) is 0 Å². The van der Waals surface area contributed by atoms with Crippen molar-refractivity contribution in [2.24, 2.45) is 13.0 Å². The molecule has 4 heteroatoms. The molecule has 17 heavy (non-hydrogen) atoms. The Morgan fingerprint density at radius 3 is 2.76 bits per heavy atom. The molecule has 3 heterocycles. The number of nitrogens with zero attached hydrogens (tertiary/aromatic N) is 4. The van der Waals surface area contributed by atoms with E-state index in [2.05, 4.69) is 34.1 Å². The van der Waals surface area contributed by atoms with Crippen LogP contribution in [0, 0.1) is 5.92 Å². The quantitative estimate of drug-likeness (QED) is 0.753. The van der Waals surface area contributed by atoms with Gasteiger partial charge in [-0.05, 0) is 24.8 Å². The number of aromatic nitrogens is 3. The molecule has 0 N–H and O–H groups in total. The lowest BCUT2D eigenvalue weighted by Gasteiger charge is -2.31. The van der Waals surface area contributed by atoms with Gasteiger partial charge >= 0.3 is 0 Å². The minimum atomic E-state index is 0.847. The molecule has 0 unspecified atom stereocenters. The first-order valence-electron chi connectivity index (χ1n) is 6.26. The summed E-state index contributed by atoms with van der Waals surface area (Å²) in [6.07, 6.45) is 6.25. The van der Waals surface area contributed by atoms with E-state index in [1.165, 1.54) is 18.2 Å². The zero-order valence-corrected chi connectivity index (χ0v) is 10.4. The van der Waals surface area contributed by atoms with Crippen LogP contribution in [0.3, 0.4) is 0 Å². The molecule has 1 aliphatic heterocycles. The molecule has 0 saturated carbocycles. The first-order valence-corrected chi connectivity index (χ1v) is 6.26.